The summed E-state index contributed by atoms with van der Waals surface area (Å²) in [5.74, 6) is -0.0582. The summed E-state index contributed by atoms with van der Waals surface area (Å²) in [4.78, 5) is 11.0. The van der Waals surface area contributed by atoms with Crippen molar-refractivity contribution in [3.63, 3.8) is 0 Å². The number of hydrogen-bond acceptors (Lipinski definition) is 2. The molecule has 0 aromatic heterocycles. The predicted molar refractivity (Wildman–Crippen MR) is 68.0 cm³/mol. The maximum absolute atomic E-state index is 11.0. The largest absolute Gasteiger partial charge is 0.326 e. The van der Waals surface area contributed by atoms with Crippen LogP contribution in [0, 0.1) is 0 Å². The monoisotopic (exact) mass is 240 g/mol. The van der Waals surface area contributed by atoms with Crippen molar-refractivity contribution >= 4 is 23.2 Å². The zero-order valence-corrected chi connectivity index (χ0v) is 10.4. The van der Waals surface area contributed by atoms with Gasteiger partial charge in [0, 0.05) is 17.6 Å². The highest BCUT2D eigenvalue weighted by atomic mass is 35.5. The van der Waals surface area contributed by atoms with Crippen molar-refractivity contribution in [2.75, 3.05) is 18.9 Å². The molecular weight excluding hydrogens is 224 g/mol. The number of rotatable bonds is 5. The number of halogens is 1. The van der Waals surface area contributed by atoms with E-state index in [9.17, 15) is 4.79 Å². The third-order valence-electron chi connectivity index (χ3n) is 2.25. The van der Waals surface area contributed by atoms with Crippen LogP contribution < -0.4 is 10.6 Å². The average Bonchev–Trinajstić information content (AvgIpc) is 2.22. The molecule has 0 unspecified atom stereocenters. The first-order chi connectivity index (χ1) is 7.63. The summed E-state index contributed by atoms with van der Waals surface area (Å²) in [6.07, 6.45) is 1.92. The van der Waals surface area contributed by atoms with Gasteiger partial charge in [0.2, 0.25) is 5.91 Å². The van der Waals surface area contributed by atoms with Gasteiger partial charge in [-0.3, -0.25) is 4.79 Å². The lowest BCUT2D eigenvalue weighted by Crippen LogP contribution is -2.11. The van der Waals surface area contributed by atoms with Crippen molar-refractivity contribution in [2.24, 2.45) is 0 Å². The van der Waals surface area contributed by atoms with E-state index in [1.807, 2.05) is 19.2 Å². The van der Waals surface area contributed by atoms with Crippen LogP contribution in [0.1, 0.15) is 18.9 Å². The molecule has 1 rings (SSSR count). The van der Waals surface area contributed by atoms with Gasteiger partial charge in [-0.25, -0.2) is 0 Å². The first-order valence-electron chi connectivity index (χ1n) is 5.34. The topological polar surface area (TPSA) is 41.1 Å². The summed E-state index contributed by atoms with van der Waals surface area (Å²) in [6, 6.07) is 5.54. The molecular formula is C12H17ClN2O. The minimum absolute atomic E-state index is 0.0582. The van der Waals surface area contributed by atoms with Gasteiger partial charge in [0.25, 0.3) is 0 Å². The Morgan fingerprint density at radius 2 is 2.19 bits per heavy atom. The van der Waals surface area contributed by atoms with Crippen LogP contribution in [0.3, 0.4) is 0 Å². The van der Waals surface area contributed by atoms with E-state index in [0.717, 1.165) is 30.6 Å². The Labute approximate surface area is 101 Å². The second-order valence-electron chi connectivity index (χ2n) is 3.69. The van der Waals surface area contributed by atoms with Crippen LogP contribution in [-0.2, 0) is 11.2 Å². The Morgan fingerprint density at radius 3 is 2.81 bits per heavy atom. The molecule has 0 atom stereocenters. The van der Waals surface area contributed by atoms with Crippen molar-refractivity contribution < 1.29 is 4.79 Å². The van der Waals surface area contributed by atoms with Gasteiger partial charge in [-0.05, 0) is 50.2 Å². The first kappa shape index (κ1) is 13.0. The van der Waals surface area contributed by atoms with E-state index >= 15 is 0 Å². The molecule has 1 amide bonds. The highest BCUT2D eigenvalue weighted by Crippen LogP contribution is 2.21. The second kappa shape index (κ2) is 6.51. The van der Waals surface area contributed by atoms with Gasteiger partial charge < -0.3 is 10.6 Å². The highest BCUT2D eigenvalue weighted by molar-refractivity contribution is 6.30. The Bertz CT molecular complexity index is 366. The van der Waals surface area contributed by atoms with E-state index in [0.29, 0.717) is 5.02 Å². The molecule has 0 fully saturated rings. The Balaban J connectivity index is 2.76. The molecule has 1 aromatic carbocycles. The standard InChI is InChI=1S/C12H17ClN2O/c1-9(16)15-12-6-5-11(13)8-10(12)4-3-7-14-2/h5-6,8,14H,3-4,7H2,1-2H3,(H,15,16). The van der Waals surface area contributed by atoms with Crippen LogP contribution in [0.25, 0.3) is 0 Å². The molecule has 0 saturated carbocycles. The molecule has 4 heteroatoms. The van der Waals surface area contributed by atoms with Crippen LogP contribution in [0.4, 0.5) is 5.69 Å². The van der Waals surface area contributed by atoms with Gasteiger partial charge >= 0.3 is 0 Å². The molecule has 3 nitrogen and oxygen atoms in total. The van der Waals surface area contributed by atoms with Gasteiger partial charge in [-0.1, -0.05) is 11.6 Å². The lowest BCUT2D eigenvalue weighted by atomic mass is 10.1. The summed E-state index contributed by atoms with van der Waals surface area (Å²) < 4.78 is 0. The lowest BCUT2D eigenvalue weighted by molar-refractivity contribution is -0.114. The molecule has 1 aromatic rings. The highest BCUT2D eigenvalue weighted by Gasteiger charge is 2.04. The summed E-state index contributed by atoms with van der Waals surface area (Å²) in [7, 11) is 1.92. The Morgan fingerprint density at radius 1 is 1.44 bits per heavy atom. The summed E-state index contributed by atoms with van der Waals surface area (Å²) >= 11 is 5.94. The van der Waals surface area contributed by atoms with Crippen molar-refractivity contribution in [1.82, 2.24) is 5.32 Å². The summed E-state index contributed by atoms with van der Waals surface area (Å²) in [5, 5.41) is 6.60. The van der Waals surface area contributed by atoms with Crippen molar-refractivity contribution in [2.45, 2.75) is 19.8 Å². The van der Waals surface area contributed by atoms with Gasteiger partial charge in [-0.2, -0.15) is 0 Å². The SMILES string of the molecule is CNCCCc1cc(Cl)ccc1NC(C)=O. The zero-order valence-electron chi connectivity index (χ0n) is 9.64. The number of nitrogens with one attached hydrogen (secondary N) is 2. The minimum Gasteiger partial charge on any atom is -0.326 e. The fraction of sp³-hybridized carbons (Fsp3) is 0.417. The third-order valence-corrected chi connectivity index (χ3v) is 2.49. The van der Waals surface area contributed by atoms with Crippen LogP contribution in [0.5, 0.6) is 0 Å². The number of aryl methyl sites for hydroxylation is 1. The molecule has 0 aliphatic rings. The van der Waals surface area contributed by atoms with Crippen molar-refractivity contribution in [3.8, 4) is 0 Å². The fourth-order valence-electron chi connectivity index (χ4n) is 1.54. The Kier molecular flexibility index (Phi) is 5.29. The number of carbonyl (C=O) groups is 1. The lowest BCUT2D eigenvalue weighted by Gasteiger charge is -2.10. The van der Waals surface area contributed by atoms with Crippen molar-refractivity contribution in [3.05, 3.63) is 28.8 Å². The first-order valence-corrected chi connectivity index (χ1v) is 5.72. The number of hydrogen-bond donors (Lipinski definition) is 2. The zero-order chi connectivity index (χ0) is 12.0. The molecule has 0 heterocycles. The van der Waals surface area contributed by atoms with E-state index in [-0.39, 0.29) is 5.91 Å². The van der Waals surface area contributed by atoms with Crippen LogP contribution in [0.2, 0.25) is 5.02 Å². The second-order valence-corrected chi connectivity index (χ2v) is 4.13. The van der Waals surface area contributed by atoms with E-state index in [2.05, 4.69) is 10.6 Å². The van der Waals surface area contributed by atoms with Crippen LogP contribution >= 0.6 is 11.6 Å². The third kappa shape index (κ3) is 4.21. The Hall–Kier alpha value is -1.06. The number of benzene rings is 1. The summed E-state index contributed by atoms with van der Waals surface area (Å²) in [6.45, 7) is 2.46. The van der Waals surface area contributed by atoms with Crippen LogP contribution in [-0.4, -0.2) is 19.5 Å². The van der Waals surface area contributed by atoms with Gasteiger partial charge in [0.15, 0.2) is 0 Å². The smallest absolute Gasteiger partial charge is 0.221 e. The molecule has 88 valence electrons. The molecule has 16 heavy (non-hydrogen) atoms. The quantitative estimate of drug-likeness (QED) is 0.777. The molecule has 0 radical (unpaired) electrons. The maximum atomic E-state index is 11.0. The van der Waals surface area contributed by atoms with E-state index in [1.54, 1.807) is 6.07 Å². The number of carbonyl (C=O) groups excluding carboxylic acids is 1. The van der Waals surface area contributed by atoms with Gasteiger partial charge in [0.05, 0.1) is 0 Å². The van der Waals surface area contributed by atoms with E-state index in [1.165, 1.54) is 6.92 Å². The normalized spacial score (nSPS) is 10.2. The molecule has 0 saturated heterocycles. The minimum atomic E-state index is -0.0582. The van der Waals surface area contributed by atoms with Gasteiger partial charge in [-0.15, -0.1) is 0 Å². The van der Waals surface area contributed by atoms with Gasteiger partial charge in [0.1, 0.15) is 0 Å². The molecule has 0 bridgehead atoms. The number of amides is 1. The summed E-state index contributed by atoms with van der Waals surface area (Å²) in [5.41, 5.74) is 1.94. The average molecular weight is 241 g/mol. The molecule has 0 aliphatic heterocycles. The fourth-order valence-corrected chi connectivity index (χ4v) is 1.73. The van der Waals surface area contributed by atoms with Crippen LogP contribution in [0.15, 0.2) is 18.2 Å². The molecule has 0 aliphatic carbocycles. The maximum Gasteiger partial charge on any atom is 0.221 e. The van der Waals surface area contributed by atoms with E-state index < -0.39 is 0 Å². The number of anilines is 1. The molecule has 0 spiro atoms. The molecule has 2 N–H and O–H groups in total. The van der Waals surface area contributed by atoms with E-state index in [4.69, 9.17) is 11.6 Å². The predicted octanol–water partition coefficient (Wildman–Crippen LogP) is 2.45. The van der Waals surface area contributed by atoms with Crippen molar-refractivity contribution in [1.29, 1.82) is 0 Å².